The van der Waals surface area contributed by atoms with Gasteiger partial charge in [-0.25, -0.2) is 4.39 Å². The Balaban J connectivity index is 1.11. The predicted molar refractivity (Wildman–Crippen MR) is 142 cm³/mol. The Hall–Kier alpha value is -3.39. The Kier molecular flexibility index (Phi) is 7.74. The third kappa shape index (κ3) is 6.13. The van der Waals surface area contributed by atoms with E-state index in [2.05, 4.69) is 27.0 Å². The van der Waals surface area contributed by atoms with Gasteiger partial charge < -0.3 is 14.5 Å². The number of carbonyl (C=O) groups excluding carboxylic acids is 1. The SMILES string of the molecule is Cc1cc(C(=O)N2CCCC(COc3cccc(CN4CCN(c5ccccc5F)CC4)c3)C2)n(C)n1. The molecule has 1 amide bonds. The first-order valence-corrected chi connectivity index (χ1v) is 13.2. The van der Waals surface area contributed by atoms with Crippen LogP contribution in [0, 0.1) is 18.7 Å². The van der Waals surface area contributed by atoms with Gasteiger partial charge in [-0.15, -0.1) is 0 Å². The van der Waals surface area contributed by atoms with E-state index in [0.29, 0.717) is 30.5 Å². The fraction of sp³-hybridized carbons (Fsp3) is 0.448. The molecule has 0 aliphatic carbocycles. The average molecular weight is 506 g/mol. The Bertz CT molecular complexity index is 1220. The van der Waals surface area contributed by atoms with Crippen molar-refractivity contribution in [1.29, 1.82) is 0 Å². The van der Waals surface area contributed by atoms with Crippen LogP contribution in [0.5, 0.6) is 5.75 Å². The lowest BCUT2D eigenvalue weighted by atomic mass is 9.98. The third-order valence-electron chi connectivity index (χ3n) is 7.38. The van der Waals surface area contributed by atoms with Crippen LogP contribution in [0.2, 0.25) is 0 Å². The minimum atomic E-state index is -0.154. The standard InChI is InChI=1S/C29H36FN5O2/c1-22-17-28(32(2)31-22)29(36)35-12-6-8-24(20-35)21-37-25-9-5-7-23(18-25)19-33-13-15-34(16-14-33)27-11-4-3-10-26(27)30/h3-5,7,9-11,17-18,24H,6,8,12-16,19-21H2,1-2H3. The first-order chi connectivity index (χ1) is 18.0. The van der Waals surface area contributed by atoms with Crippen molar-refractivity contribution in [1.82, 2.24) is 19.6 Å². The molecule has 0 radical (unpaired) electrons. The van der Waals surface area contributed by atoms with Crippen LogP contribution in [-0.4, -0.2) is 71.4 Å². The van der Waals surface area contributed by atoms with Crippen molar-refractivity contribution in [3.8, 4) is 5.75 Å². The second-order valence-electron chi connectivity index (χ2n) is 10.2. The predicted octanol–water partition coefficient (Wildman–Crippen LogP) is 4.12. The highest BCUT2D eigenvalue weighted by molar-refractivity contribution is 5.92. The topological polar surface area (TPSA) is 53.8 Å². The van der Waals surface area contributed by atoms with Gasteiger partial charge in [-0.1, -0.05) is 24.3 Å². The number of benzene rings is 2. The highest BCUT2D eigenvalue weighted by atomic mass is 19.1. The normalized spacial score (nSPS) is 18.7. The molecule has 3 aromatic rings. The van der Waals surface area contributed by atoms with Crippen LogP contribution in [0.1, 0.15) is 34.6 Å². The maximum absolute atomic E-state index is 14.1. The number of halogens is 1. The number of piperidine rings is 1. The van der Waals surface area contributed by atoms with Crippen LogP contribution in [0.15, 0.2) is 54.6 Å². The first kappa shape index (κ1) is 25.3. The highest BCUT2D eigenvalue weighted by Crippen LogP contribution is 2.23. The maximum Gasteiger partial charge on any atom is 0.272 e. The number of carbonyl (C=O) groups is 1. The molecule has 2 fully saturated rings. The minimum absolute atomic E-state index is 0.0462. The molecule has 1 unspecified atom stereocenters. The molecule has 2 saturated heterocycles. The fourth-order valence-electron chi connectivity index (χ4n) is 5.42. The summed E-state index contributed by atoms with van der Waals surface area (Å²) in [6, 6.07) is 17.2. The van der Waals surface area contributed by atoms with Gasteiger partial charge in [0.25, 0.3) is 5.91 Å². The van der Waals surface area contributed by atoms with E-state index < -0.39 is 0 Å². The van der Waals surface area contributed by atoms with Crippen LogP contribution < -0.4 is 9.64 Å². The van der Waals surface area contributed by atoms with Gasteiger partial charge in [0.05, 0.1) is 18.0 Å². The Morgan fingerprint density at radius 3 is 2.62 bits per heavy atom. The van der Waals surface area contributed by atoms with E-state index in [4.69, 9.17) is 4.74 Å². The van der Waals surface area contributed by atoms with Crippen LogP contribution in [0.25, 0.3) is 0 Å². The van der Waals surface area contributed by atoms with E-state index in [1.165, 1.54) is 11.6 Å². The van der Waals surface area contributed by atoms with Gasteiger partial charge in [0.1, 0.15) is 17.3 Å². The van der Waals surface area contributed by atoms with Crippen molar-refractivity contribution in [2.45, 2.75) is 26.3 Å². The molecule has 8 heteroatoms. The molecular weight excluding hydrogens is 469 g/mol. The van der Waals surface area contributed by atoms with E-state index in [0.717, 1.165) is 63.6 Å². The zero-order valence-corrected chi connectivity index (χ0v) is 21.8. The fourth-order valence-corrected chi connectivity index (χ4v) is 5.42. The molecule has 3 heterocycles. The summed E-state index contributed by atoms with van der Waals surface area (Å²) in [6.45, 7) is 8.23. The number of likely N-dealkylation sites (tertiary alicyclic amines) is 1. The second-order valence-corrected chi connectivity index (χ2v) is 10.2. The Morgan fingerprint density at radius 2 is 1.86 bits per heavy atom. The van der Waals surface area contributed by atoms with Crippen molar-refractivity contribution in [2.75, 3.05) is 50.8 Å². The largest absolute Gasteiger partial charge is 0.493 e. The highest BCUT2D eigenvalue weighted by Gasteiger charge is 2.27. The smallest absolute Gasteiger partial charge is 0.272 e. The Labute approximate surface area is 218 Å². The molecule has 0 saturated carbocycles. The van der Waals surface area contributed by atoms with Crippen molar-refractivity contribution in [3.63, 3.8) is 0 Å². The van der Waals surface area contributed by atoms with Crippen LogP contribution in [0.3, 0.4) is 0 Å². The molecule has 1 atom stereocenters. The molecule has 5 rings (SSSR count). The third-order valence-corrected chi connectivity index (χ3v) is 7.38. The van der Waals surface area contributed by atoms with Gasteiger partial charge in [-0.3, -0.25) is 14.4 Å². The summed E-state index contributed by atoms with van der Waals surface area (Å²) in [5.41, 5.74) is 3.40. The van der Waals surface area contributed by atoms with E-state index in [-0.39, 0.29) is 11.7 Å². The number of aromatic nitrogens is 2. The van der Waals surface area contributed by atoms with E-state index in [9.17, 15) is 9.18 Å². The molecule has 0 N–H and O–H groups in total. The van der Waals surface area contributed by atoms with Crippen molar-refractivity contribution in [3.05, 3.63) is 77.4 Å². The number of para-hydroxylation sites is 1. The van der Waals surface area contributed by atoms with E-state index in [1.807, 2.05) is 49.2 Å². The van der Waals surface area contributed by atoms with Gasteiger partial charge in [0.15, 0.2) is 0 Å². The van der Waals surface area contributed by atoms with Gasteiger partial charge in [0.2, 0.25) is 0 Å². The minimum Gasteiger partial charge on any atom is -0.493 e. The molecule has 37 heavy (non-hydrogen) atoms. The summed E-state index contributed by atoms with van der Waals surface area (Å²) in [5.74, 6) is 1.07. The molecule has 0 spiro atoms. The molecule has 2 aliphatic rings. The number of anilines is 1. The number of aryl methyl sites for hydroxylation is 2. The monoisotopic (exact) mass is 505 g/mol. The molecular formula is C29H36FN5O2. The van der Waals surface area contributed by atoms with Crippen molar-refractivity contribution < 1.29 is 13.9 Å². The number of ether oxygens (including phenoxy) is 1. The summed E-state index contributed by atoms with van der Waals surface area (Å²) in [6.07, 6.45) is 2.04. The lowest BCUT2D eigenvalue weighted by Gasteiger charge is -2.36. The number of hydrogen-bond donors (Lipinski definition) is 0. The van der Waals surface area contributed by atoms with E-state index in [1.54, 1.807) is 10.7 Å². The first-order valence-electron chi connectivity index (χ1n) is 13.2. The lowest BCUT2D eigenvalue weighted by molar-refractivity contribution is 0.0622. The van der Waals surface area contributed by atoms with Gasteiger partial charge in [-0.2, -0.15) is 5.10 Å². The maximum atomic E-state index is 14.1. The lowest BCUT2D eigenvalue weighted by Crippen LogP contribution is -2.46. The molecule has 0 bridgehead atoms. The van der Waals surface area contributed by atoms with Gasteiger partial charge in [-0.05, 0) is 55.7 Å². The molecule has 2 aromatic carbocycles. The van der Waals surface area contributed by atoms with Gasteiger partial charge >= 0.3 is 0 Å². The Morgan fingerprint density at radius 1 is 1.05 bits per heavy atom. The number of rotatable bonds is 7. The summed E-state index contributed by atoms with van der Waals surface area (Å²) >= 11 is 0. The average Bonchev–Trinajstić information content (AvgIpc) is 3.26. The molecule has 2 aliphatic heterocycles. The summed E-state index contributed by atoms with van der Waals surface area (Å²) in [4.78, 5) is 19.5. The van der Waals surface area contributed by atoms with Crippen LogP contribution >= 0.6 is 0 Å². The van der Waals surface area contributed by atoms with Crippen molar-refractivity contribution in [2.24, 2.45) is 13.0 Å². The van der Waals surface area contributed by atoms with Crippen LogP contribution in [-0.2, 0) is 13.6 Å². The quantitative estimate of drug-likeness (QED) is 0.484. The number of piperazine rings is 1. The number of amides is 1. The number of nitrogens with zero attached hydrogens (tertiary/aromatic N) is 5. The molecule has 7 nitrogen and oxygen atoms in total. The second kappa shape index (κ2) is 11.3. The zero-order valence-electron chi connectivity index (χ0n) is 21.8. The van der Waals surface area contributed by atoms with E-state index >= 15 is 0 Å². The summed E-state index contributed by atoms with van der Waals surface area (Å²) in [5, 5.41) is 4.32. The van der Waals surface area contributed by atoms with Crippen molar-refractivity contribution >= 4 is 11.6 Å². The number of hydrogen-bond acceptors (Lipinski definition) is 5. The van der Waals surface area contributed by atoms with Gasteiger partial charge in [0, 0.05) is 58.8 Å². The molecule has 196 valence electrons. The van der Waals surface area contributed by atoms with Crippen LogP contribution in [0.4, 0.5) is 10.1 Å². The molecule has 1 aromatic heterocycles. The summed E-state index contributed by atoms with van der Waals surface area (Å²) in [7, 11) is 1.82. The summed E-state index contributed by atoms with van der Waals surface area (Å²) < 4.78 is 22.0. The zero-order chi connectivity index (χ0) is 25.8.